The van der Waals surface area contributed by atoms with E-state index in [1.165, 1.54) is 25.3 Å². The molecule has 2 aromatic rings. The van der Waals surface area contributed by atoms with Crippen LogP contribution in [-0.4, -0.2) is 37.1 Å². The topological polar surface area (TPSA) is 90.9 Å². The van der Waals surface area contributed by atoms with E-state index in [0.717, 1.165) is 0 Å². The second kappa shape index (κ2) is 8.18. The zero-order chi connectivity index (χ0) is 21.0. The first-order chi connectivity index (χ1) is 14.0. The van der Waals surface area contributed by atoms with E-state index in [2.05, 4.69) is 11.9 Å². The highest BCUT2D eigenvalue weighted by Gasteiger charge is 2.59. The molecule has 1 heterocycles. The van der Waals surface area contributed by atoms with Crippen LogP contribution in [-0.2, 0) is 14.3 Å². The van der Waals surface area contributed by atoms with Gasteiger partial charge in [0.05, 0.1) is 19.6 Å². The van der Waals surface area contributed by atoms with Crippen molar-refractivity contribution in [3.63, 3.8) is 0 Å². The molecule has 1 aliphatic rings. The molecule has 0 unspecified atom stereocenters. The van der Waals surface area contributed by atoms with Crippen LogP contribution in [0.25, 0.3) is 0 Å². The zero-order valence-corrected chi connectivity index (χ0v) is 16.1. The van der Waals surface area contributed by atoms with Crippen molar-refractivity contribution < 1.29 is 28.6 Å². The number of hydrogen-bond donors (Lipinski definition) is 1. The third-order valence-electron chi connectivity index (χ3n) is 4.74. The monoisotopic (exact) mass is 395 g/mol. The van der Waals surface area contributed by atoms with Gasteiger partial charge in [0, 0.05) is 11.1 Å². The minimum absolute atomic E-state index is 0.0256. The van der Waals surface area contributed by atoms with E-state index in [-0.39, 0.29) is 12.2 Å². The minimum atomic E-state index is -2.09. The quantitative estimate of drug-likeness (QED) is 0.350. The molecule has 2 atom stereocenters. The lowest BCUT2D eigenvalue weighted by Gasteiger charge is -2.39. The third-order valence-corrected chi connectivity index (χ3v) is 4.74. The number of rotatable bonds is 6. The van der Waals surface area contributed by atoms with Gasteiger partial charge >= 0.3 is 11.9 Å². The molecule has 0 aromatic heterocycles. The van der Waals surface area contributed by atoms with E-state index in [9.17, 15) is 14.4 Å². The van der Waals surface area contributed by atoms with Crippen molar-refractivity contribution in [3.8, 4) is 11.5 Å². The molecule has 0 radical (unpaired) electrons. The number of hydrogen-bond acceptors (Lipinski definition) is 6. The van der Waals surface area contributed by atoms with E-state index in [4.69, 9.17) is 14.2 Å². The molecule has 2 aromatic carbocycles. The molecule has 0 saturated carbocycles. The van der Waals surface area contributed by atoms with E-state index in [0.29, 0.717) is 17.1 Å². The van der Waals surface area contributed by atoms with Gasteiger partial charge in [-0.2, -0.15) is 0 Å². The van der Waals surface area contributed by atoms with E-state index in [1.54, 1.807) is 43.3 Å². The number of carbonyl (C=O) groups excluding carboxylic acids is 3. The van der Waals surface area contributed by atoms with Crippen LogP contribution in [0.5, 0.6) is 11.5 Å². The number of benzene rings is 2. The third kappa shape index (κ3) is 3.47. The van der Waals surface area contributed by atoms with Gasteiger partial charge < -0.3 is 19.5 Å². The van der Waals surface area contributed by atoms with Gasteiger partial charge in [-0.25, -0.2) is 9.59 Å². The maximum Gasteiger partial charge on any atom is 0.350 e. The van der Waals surface area contributed by atoms with Gasteiger partial charge in [0.25, 0.3) is 5.91 Å². The van der Waals surface area contributed by atoms with Crippen LogP contribution in [0.3, 0.4) is 0 Å². The van der Waals surface area contributed by atoms with Gasteiger partial charge in [0.2, 0.25) is 5.54 Å². The zero-order valence-electron chi connectivity index (χ0n) is 16.1. The molecule has 0 fully saturated rings. The summed E-state index contributed by atoms with van der Waals surface area (Å²) >= 11 is 0. The predicted molar refractivity (Wildman–Crippen MR) is 105 cm³/mol. The van der Waals surface area contributed by atoms with E-state index < -0.39 is 29.3 Å². The number of amides is 1. The standard InChI is InChI=1S/C22H21NO6/c1-4-17-16-8-6-7-9-18(16)29-21(26)22(17,20(25)28-5-2)23-19(24)14-10-12-15(27-3)13-11-14/h4,6-13,17H,1,5H2,2-3H3,(H,23,24)/t17-,22-/m1/s1. The Hall–Kier alpha value is -3.61. The first kappa shape index (κ1) is 20.1. The summed E-state index contributed by atoms with van der Waals surface area (Å²) in [7, 11) is 1.51. The predicted octanol–water partition coefficient (Wildman–Crippen LogP) is 2.62. The molecule has 3 rings (SSSR count). The lowest BCUT2D eigenvalue weighted by atomic mass is 9.76. The van der Waals surface area contributed by atoms with Gasteiger partial charge in [0.1, 0.15) is 11.5 Å². The number of carbonyl (C=O) groups is 3. The molecule has 7 nitrogen and oxygen atoms in total. The lowest BCUT2D eigenvalue weighted by Crippen LogP contribution is -2.66. The molecule has 29 heavy (non-hydrogen) atoms. The number of fused-ring (bicyclic) bond motifs is 1. The van der Waals surface area contributed by atoms with Crippen molar-refractivity contribution in [3.05, 3.63) is 72.3 Å². The molecule has 0 bridgehead atoms. The van der Waals surface area contributed by atoms with Gasteiger partial charge in [-0.3, -0.25) is 4.79 Å². The molecule has 150 valence electrons. The van der Waals surface area contributed by atoms with E-state index >= 15 is 0 Å². The average Bonchev–Trinajstić information content (AvgIpc) is 2.74. The number of esters is 2. The molecule has 0 aliphatic carbocycles. The molecule has 1 aliphatic heterocycles. The largest absolute Gasteiger partial charge is 0.497 e. The summed E-state index contributed by atoms with van der Waals surface area (Å²) in [5.74, 6) is -2.48. The Kier molecular flexibility index (Phi) is 5.68. The normalized spacial score (nSPS) is 20.1. The average molecular weight is 395 g/mol. The van der Waals surface area contributed by atoms with Gasteiger partial charge in [-0.15, -0.1) is 6.58 Å². The molecule has 0 saturated heterocycles. The minimum Gasteiger partial charge on any atom is -0.497 e. The van der Waals surface area contributed by atoms with Crippen molar-refractivity contribution in [2.45, 2.75) is 18.4 Å². The highest BCUT2D eigenvalue weighted by molar-refractivity contribution is 6.13. The number of ether oxygens (including phenoxy) is 3. The van der Waals surface area contributed by atoms with Crippen LogP contribution in [0, 0.1) is 0 Å². The molecular weight excluding hydrogens is 374 g/mol. The fourth-order valence-electron chi connectivity index (χ4n) is 3.30. The van der Waals surface area contributed by atoms with Crippen molar-refractivity contribution in [2.24, 2.45) is 0 Å². The van der Waals surface area contributed by atoms with Crippen LogP contribution < -0.4 is 14.8 Å². The Morgan fingerprint density at radius 3 is 2.52 bits per heavy atom. The second-order valence-electron chi connectivity index (χ2n) is 6.35. The second-order valence-corrected chi connectivity index (χ2v) is 6.35. The molecule has 7 heteroatoms. The molecule has 1 amide bonds. The fourth-order valence-corrected chi connectivity index (χ4v) is 3.30. The first-order valence-electron chi connectivity index (χ1n) is 9.05. The van der Waals surface area contributed by atoms with Crippen molar-refractivity contribution in [1.29, 1.82) is 0 Å². The summed E-state index contributed by atoms with van der Waals surface area (Å²) in [6.07, 6.45) is 1.43. The summed E-state index contributed by atoms with van der Waals surface area (Å²) in [6, 6.07) is 13.0. The Labute approximate surface area is 168 Å². The summed E-state index contributed by atoms with van der Waals surface area (Å²) in [4.78, 5) is 38.9. The summed E-state index contributed by atoms with van der Waals surface area (Å²) in [5, 5.41) is 2.56. The van der Waals surface area contributed by atoms with E-state index in [1.807, 2.05) is 0 Å². The van der Waals surface area contributed by atoms with Crippen LogP contribution in [0.15, 0.2) is 61.2 Å². The Morgan fingerprint density at radius 1 is 1.21 bits per heavy atom. The Balaban J connectivity index is 2.07. The molecule has 0 spiro atoms. The smallest absolute Gasteiger partial charge is 0.350 e. The van der Waals surface area contributed by atoms with Crippen LogP contribution >= 0.6 is 0 Å². The maximum absolute atomic E-state index is 13.0. The summed E-state index contributed by atoms with van der Waals surface area (Å²) in [6.45, 7) is 5.41. The van der Waals surface area contributed by atoms with Gasteiger partial charge in [0.15, 0.2) is 0 Å². The highest BCUT2D eigenvalue weighted by Crippen LogP contribution is 2.41. The van der Waals surface area contributed by atoms with Crippen molar-refractivity contribution in [1.82, 2.24) is 5.32 Å². The van der Waals surface area contributed by atoms with Crippen LogP contribution in [0.4, 0.5) is 0 Å². The van der Waals surface area contributed by atoms with Gasteiger partial charge in [-0.1, -0.05) is 24.3 Å². The summed E-state index contributed by atoms with van der Waals surface area (Å²) in [5.41, 5.74) is -1.31. The lowest BCUT2D eigenvalue weighted by molar-refractivity contribution is -0.163. The van der Waals surface area contributed by atoms with Gasteiger partial charge in [-0.05, 0) is 37.3 Å². The fraction of sp³-hybridized carbons (Fsp3) is 0.227. The molecule has 1 N–H and O–H groups in total. The number of methoxy groups -OCH3 is 1. The number of para-hydroxylation sites is 1. The number of nitrogens with one attached hydrogen (secondary N) is 1. The van der Waals surface area contributed by atoms with Crippen LogP contribution in [0.1, 0.15) is 28.8 Å². The highest BCUT2D eigenvalue weighted by atomic mass is 16.6. The van der Waals surface area contributed by atoms with Crippen LogP contribution in [0.2, 0.25) is 0 Å². The van der Waals surface area contributed by atoms with Crippen molar-refractivity contribution >= 4 is 17.8 Å². The SMILES string of the molecule is C=C[C@@H]1c2ccccc2OC(=O)[C@]1(NC(=O)c1ccc(OC)cc1)C(=O)OCC. The first-order valence-corrected chi connectivity index (χ1v) is 9.05. The summed E-state index contributed by atoms with van der Waals surface area (Å²) < 4.78 is 15.6. The maximum atomic E-state index is 13.0. The Morgan fingerprint density at radius 2 is 1.90 bits per heavy atom. The molecular formula is C22H21NO6. The Bertz CT molecular complexity index is 952. The van der Waals surface area contributed by atoms with Crippen molar-refractivity contribution in [2.75, 3.05) is 13.7 Å².